The van der Waals surface area contributed by atoms with E-state index in [2.05, 4.69) is 18.7 Å². The molecule has 0 amide bonds. The van der Waals surface area contributed by atoms with Crippen molar-refractivity contribution in [1.29, 1.82) is 0 Å². The van der Waals surface area contributed by atoms with E-state index in [9.17, 15) is 4.79 Å². The number of carbonyl (C=O) groups excluding carboxylic acids is 1. The summed E-state index contributed by atoms with van der Waals surface area (Å²) < 4.78 is 0. The molecule has 0 radical (unpaired) electrons. The van der Waals surface area contributed by atoms with E-state index in [0.717, 1.165) is 25.6 Å². The minimum Gasteiger partial charge on any atom is -0.298 e. The number of hydrogen-bond acceptors (Lipinski definition) is 2. The maximum absolute atomic E-state index is 13.1. The molecule has 0 aromatic carbocycles. The molecule has 1 heterocycles. The van der Waals surface area contributed by atoms with Gasteiger partial charge < -0.3 is 0 Å². The molecule has 4 atom stereocenters. The molecule has 0 spiro atoms. The molecule has 4 bridgehead atoms. The Morgan fingerprint density at radius 3 is 2.15 bits per heavy atom. The lowest BCUT2D eigenvalue weighted by Gasteiger charge is -2.65. The number of carbonyl (C=O) groups is 1. The third-order valence-corrected chi connectivity index (χ3v) is 6.78. The predicted octanol–water partition coefficient (Wildman–Crippen LogP) is 3.65. The molecule has 2 nitrogen and oxygen atoms in total. The zero-order valence-corrected chi connectivity index (χ0v) is 13.2. The van der Waals surface area contributed by atoms with Gasteiger partial charge in [-0.3, -0.25) is 9.69 Å². The van der Waals surface area contributed by atoms with Gasteiger partial charge in [0.25, 0.3) is 0 Å². The van der Waals surface area contributed by atoms with Crippen molar-refractivity contribution >= 4 is 5.78 Å². The molecular formula is C18H29NO. The summed E-state index contributed by atoms with van der Waals surface area (Å²) in [5.74, 6) is 1.43. The highest BCUT2D eigenvalue weighted by atomic mass is 16.1. The number of hydrogen-bond donors (Lipinski definition) is 0. The molecule has 2 unspecified atom stereocenters. The van der Waals surface area contributed by atoms with Crippen molar-refractivity contribution in [2.24, 2.45) is 22.2 Å². The first-order chi connectivity index (χ1) is 9.41. The van der Waals surface area contributed by atoms with Crippen LogP contribution in [0, 0.1) is 22.2 Å². The maximum Gasteiger partial charge on any atom is 0.153 e. The first-order valence-electron chi connectivity index (χ1n) is 8.66. The van der Waals surface area contributed by atoms with Gasteiger partial charge in [-0.05, 0) is 81.2 Å². The lowest BCUT2D eigenvalue weighted by atomic mass is 9.39. The first-order valence-corrected chi connectivity index (χ1v) is 8.66. The summed E-state index contributed by atoms with van der Waals surface area (Å²) in [7, 11) is 0. The molecule has 2 heteroatoms. The zero-order chi connectivity index (χ0) is 14.0. The molecule has 0 aromatic rings. The van der Waals surface area contributed by atoms with Gasteiger partial charge in [0.05, 0.1) is 6.54 Å². The fourth-order valence-electron chi connectivity index (χ4n) is 7.07. The Labute approximate surface area is 123 Å². The van der Waals surface area contributed by atoms with Crippen molar-refractivity contribution in [2.75, 3.05) is 19.6 Å². The summed E-state index contributed by atoms with van der Waals surface area (Å²) >= 11 is 0. The highest BCUT2D eigenvalue weighted by Crippen LogP contribution is 2.69. The molecule has 0 aromatic heterocycles. The molecule has 20 heavy (non-hydrogen) atoms. The van der Waals surface area contributed by atoms with Crippen LogP contribution in [-0.2, 0) is 4.79 Å². The van der Waals surface area contributed by atoms with Gasteiger partial charge in [0.2, 0.25) is 0 Å². The van der Waals surface area contributed by atoms with Crippen molar-refractivity contribution in [3.8, 4) is 0 Å². The molecular weight excluding hydrogens is 246 g/mol. The molecule has 4 aliphatic carbocycles. The second-order valence-electron chi connectivity index (χ2n) is 9.32. The van der Waals surface area contributed by atoms with Crippen LogP contribution in [0.25, 0.3) is 0 Å². The van der Waals surface area contributed by atoms with Crippen LogP contribution in [0.2, 0.25) is 0 Å². The van der Waals surface area contributed by atoms with Gasteiger partial charge in [-0.2, -0.15) is 0 Å². The third-order valence-electron chi connectivity index (χ3n) is 6.78. The topological polar surface area (TPSA) is 20.3 Å². The fourth-order valence-corrected chi connectivity index (χ4v) is 7.07. The molecule has 5 rings (SSSR count). The van der Waals surface area contributed by atoms with Gasteiger partial charge >= 0.3 is 0 Å². The molecule has 5 fully saturated rings. The summed E-state index contributed by atoms with van der Waals surface area (Å²) in [4.78, 5) is 15.5. The Morgan fingerprint density at radius 1 is 1.00 bits per heavy atom. The Hall–Kier alpha value is -0.370. The van der Waals surface area contributed by atoms with Gasteiger partial charge in [0.15, 0.2) is 5.78 Å². The Kier molecular flexibility index (Phi) is 2.72. The van der Waals surface area contributed by atoms with Crippen LogP contribution in [0.3, 0.4) is 0 Å². The van der Waals surface area contributed by atoms with Crippen LogP contribution >= 0.6 is 0 Å². The highest BCUT2D eigenvalue weighted by Gasteiger charge is 2.62. The van der Waals surface area contributed by atoms with Crippen LogP contribution in [-0.4, -0.2) is 30.3 Å². The fraction of sp³-hybridized carbons (Fsp3) is 0.944. The molecule has 1 saturated heterocycles. The van der Waals surface area contributed by atoms with E-state index in [4.69, 9.17) is 0 Å². The predicted molar refractivity (Wildman–Crippen MR) is 80.5 cm³/mol. The monoisotopic (exact) mass is 275 g/mol. The number of nitrogens with zero attached hydrogens (tertiary/aromatic N) is 1. The largest absolute Gasteiger partial charge is 0.298 e. The minimum atomic E-state index is 0.0610. The quantitative estimate of drug-likeness (QED) is 0.783. The van der Waals surface area contributed by atoms with Crippen molar-refractivity contribution in [1.82, 2.24) is 4.90 Å². The number of rotatable bonds is 3. The van der Waals surface area contributed by atoms with E-state index in [0.29, 0.717) is 16.6 Å². The summed E-state index contributed by atoms with van der Waals surface area (Å²) in [6.45, 7) is 7.99. The van der Waals surface area contributed by atoms with Gasteiger partial charge in [-0.25, -0.2) is 0 Å². The lowest BCUT2D eigenvalue weighted by molar-refractivity contribution is -0.168. The van der Waals surface area contributed by atoms with Crippen LogP contribution in [0.4, 0.5) is 0 Å². The van der Waals surface area contributed by atoms with E-state index in [1.807, 2.05) is 0 Å². The number of likely N-dealkylation sites (tertiary alicyclic amines) is 1. The molecule has 0 N–H and O–H groups in total. The standard InChI is InChI=1S/C18H29NO/c1-16-7-14-8-17(2,11-16)13-18(9-14,12-16)15(20)10-19-5-3-4-6-19/h14H,3-13H2,1-2H3/t14?,16-,17+,18?. The molecule has 112 valence electrons. The average molecular weight is 275 g/mol. The van der Waals surface area contributed by atoms with E-state index in [1.165, 1.54) is 51.4 Å². The van der Waals surface area contributed by atoms with Crippen molar-refractivity contribution in [2.45, 2.75) is 65.2 Å². The van der Waals surface area contributed by atoms with Crippen molar-refractivity contribution in [3.63, 3.8) is 0 Å². The lowest BCUT2D eigenvalue weighted by Crippen LogP contribution is -2.58. The van der Waals surface area contributed by atoms with E-state index in [1.54, 1.807) is 0 Å². The third kappa shape index (κ3) is 1.98. The summed E-state index contributed by atoms with van der Waals surface area (Å²) in [5.41, 5.74) is 0.995. The van der Waals surface area contributed by atoms with E-state index >= 15 is 0 Å². The van der Waals surface area contributed by atoms with Crippen LogP contribution in [0.1, 0.15) is 65.2 Å². The normalized spacial score (nSPS) is 50.8. The maximum atomic E-state index is 13.1. The second kappa shape index (κ2) is 4.09. The first kappa shape index (κ1) is 13.3. The van der Waals surface area contributed by atoms with Crippen LogP contribution < -0.4 is 0 Å². The smallest absolute Gasteiger partial charge is 0.153 e. The van der Waals surface area contributed by atoms with Gasteiger partial charge in [-0.1, -0.05) is 13.8 Å². The van der Waals surface area contributed by atoms with Crippen molar-refractivity contribution in [3.05, 3.63) is 0 Å². The van der Waals surface area contributed by atoms with Gasteiger partial charge in [0, 0.05) is 5.41 Å². The van der Waals surface area contributed by atoms with Gasteiger partial charge in [-0.15, -0.1) is 0 Å². The Bertz CT molecular complexity index is 419. The van der Waals surface area contributed by atoms with E-state index < -0.39 is 0 Å². The summed E-state index contributed by atoms with van der Waals surface area (Å²) in [6, 6.07) is 0. The summed E-state index contributed by atoms with van der Waals surface area (Å²) in [6.07, 6.45) is 10.3. The minimum absolute atomic E-state index is 0.0610. The van der Waals surface area contributed by atoms with Crippen molar-refractivity contribution < 1.29 is 4.79 Å². The molecule has 4 saturated carbocycles. The number of Topliss-reactive ketones (excluding diaryl/α,β-unsaturated/α-hetero) is 1. The summed E-state index contributed by atoms with van der Waals surface area (Å²) in [5, 5.41) is 0. The molecule has 1 aliphatic heterocycles. The van der Waals surface area contributed by atoms with E-state index in [-0.39, 0.29) is 5.41 Å². The van der Waals surface area contributed by atoms with Crippen LogP contribution in [0.15, 0.2) is 0 Å². The zero-order valence-electron chi connectivity index (χ0n) is 13.2. The molecule has 5 aliphatic rings. The SMILES string of the molecule is C[C@]12CC3CC(C(=O)CN4CCCC4)(C1)C[C@@](C)(C3)C2. The second-order valence-corrected chi connectivity index (χ2v) is 9.32. The number of ketones is 1. The Morgan fingerprint density at radius 2 is 1.60 bits per heavy atom. The highest BCUT2D eigenvalue weighted by molar-refractivity contribution is 5.87. The Balaban J connectivity index is 1.58. The van der Waals surface area contributed by atoms with Gasteiger partial charge in [0.1, 0.15) is 0 Å². The average Bonchev–Trinajstić information content (AvgIpc) is 2.76. The van der Waals surface area contributed by atoms with Crippen LogP contribution in [0.5, 0.6) is 0 Å².